The molecule has 0 aliphatic heterocycles. The molecule has 194 valence electrons. The largest absolute Gasteiger partial charge is 0.367 e. The molecule has 0 saturated heterocycles. The van der Waals surface area contributed by atoms with Gasteiger partial charge in [-0.2, -0.15) is 5.10 Å². The fraction of sp³-hybridized carbons (Fsp3) is 0.200. The number of halogens is 1. The van der Waals surface area contributed by atoms with E-state index in [9.17, 15) is 23.3 Å². The quantitative estimate of drug-likeness (QED) is 0.216. The molecule has 37 heavy (non-hydrogen) atoms. The molecule has 0 spiro atoms. The van der Waals surface area contributed by atoms with Gasteiger partial charge >= 0.3 is 0 Å². The van der Waals surface area contributed by atoms with Crippen molar-refractivity contribution in [2.24, 2.45) is 5.10 Å². The van der Waals surface area contributed by atoms with Crippen molar-refractivity contribution in [1.29, 1.82) is 0 Å². The van der Waals surface area contributed by atoms with Crippen LogP contribution in [-0.2, 0) is 14.8 Å². The molecule has 0 radical (unpaired) electrons. The van der Waals surface area contributed by atoms with Gasteiger partial charge in [0.1, 0.15) is 12.2 Å². The Morgan fingerprint density at radius 3 is 2.38 bits per heavy atom. The number of anilines is 2. The van der Waals surface area contributed by atoms with Gasteiger partial charge in [0.2, 0.25) is 0 Å². The minimum absolute atomic E-state index is 0.00637. The molecule has 3 aromatic rings. The summed E-state index contributed by atoms with van der Waals surface area (Å²) >= 11 is 6.06. The molecular formula is C25H26ClN5O5S. The highest BCUT2D eigenvalue weighted by atomic mass is 35.5. The molecule has 0 bridgehead atoms. The maximum absolute atomic E-state index is 13.3. The van der Waals surface area contributed by atoms with E-state index in [0.29, 0.717) is 29.4 Å². The summed E-state index contributed by atoms with van der Waals surface area (Å²) in [4.78, 5) is 25.7. The van der Waals surface area contributed by atoms with E-state index in [0.717, 1.165) is 4.31 Å². The smallest absolute Gasteiger partial charge is 0.293 e. The van der Waals surface area contributed by atoms with E-state index >= 15 is 0 Å². The maximum Gasteiger partial charge on any atom is 0.293 e. The summed E-state index contributed by atoms with van der Waals surface area (Å²) < 4.78 is 27.6. The zero-order chi connectivity index (χ0) is 27.0. The Bertz CT molecular complexity index is 1400. The Hall–Kier alpha value is -3.96. The summed E-state index contributed by atoms with van der Waals surface area (Å²) in [5.41, 5.74) is 3.29. The molecule has 0 saturated carbocycles. The van der Waals surface area contributed by atoms with Crippen LogP contribution in [0.25, 0.3) is 0 Å². The predicted octanol–water partition coefficient (Wildman–Crippen LogP) is 4.44. The lowest BCUT2D eigenvalue weighted by Crippen LogP contribution is -2.39. The third-order valence-corrected chi connectivity index (χ3v) is 7.44. The van der Waals surface area contributed by atoms with Gasteiger partial charge < -0.3 is 4.90 Å². The van der Waals surface area contributed by atoms with E-state index in [1.165, 1.54) is 36.5 Å². The van der Waals surface area contributed by atoms with Gasteiger partial charge in [-0.1, -0.05) is 41.9 Å². The molecular weight excluding hydrogens is 518 g/mol. The number of nitro benzene ring substituents is 1. The minimum atomic E-state index is -4.09. The normalized spacial score (nSPS) is 11.3. The van der Waals surface area contributed by atoms with Crippen molar-refractivity contribution in [3.8, 4) is 0 Å². The van der Waals surface area contributed by atoms with E-state index in [4.69, 9.17) is 11.6 Å². The van der Waals surface area contributed by atoms with Gasteiger partial charge in [-0.25, -0.2) is 13.8 Å². The number of sulfonamides is 1. The number of hydrogen-bond acceptors (Lipinski definition) is 7. The highest BCUT2D eigenvalue weighted by Gasteiger charge is 2.27. The number of carbonyl (C=O) groups excluding carboxylic acids is 1. The molecule has 1 N–H and O–H groups in total. The number of nitrogens with zero attached hydrogens (tertiary/aromatic N) is 4. The van der Waals surface area contributed by atoms with Crippen molar-refractivity contribution in [3.05, 3.63) is 93.5 Å². The second-order valence-corrected chi connectivity index (χ2v) is 10.1. The van der Waals surface area contributed by atoms with E-state index < -0.39 is 27.4 Å². The minimum Gasteiger partial charge on any atom is -0.367 e. The summed E-state index contributed by atoms with van der Waals surface area (Å²) in [6.45, 7) is 4.45. The standard InChI is InChI=1S/C25H26ClN5O5S/c1-3-29(4-2)23-14-13-19(15-24(23)31(33)34)17-27-28-25(32)18-30(21-10-8-9-20(26)16-21)37(35,36)22-11-6-5-7-12-22/h5-17H,3-4,18H2,1-2H3,(H,28,32). The first-order valence-corrected chi connectivity index (χ1v) is 13.2. The Balaban J connectivity index is 1.81. The molecule has 3 rings (SSSR count). The van der Waals surface area contributed by atoms with Crippen LogP contribution in [0, 0.1) is 10.1 Å². The van der Waals surface area contributed by atoms with Crippen molar-refractivity contribution in [1.82, 2.24) is 5.43 Å². The maximum atomic E-state index is 13.3. The van der Waals surface area contributed by atoms with Gasteiger partial charge in [0.05, 0.1) is 21.7 Å². The van der Waals surface area contributed by atoms with Crippen LogP contribution in [0.3, 0.4) is 0 Å². The van der Waals surface area contributed by atoms with Gasteiger partial charge in [0.25, 0.3) is 21.6 Å². The second kappa shape index (κ2) is 12.3. The lowest BCUT2D eigenvalue weighted by Gasteiger charge is -2.23. The summed E-state index contributed by atoms with van der Waals surface area (Å²) in [7, 11) is -4.09. The van der Waals surface area contributed by atoms with Crippen molar-refractivity contribution < 1.29 is 18.1 Å². The van der Waals surface area contributed by atoms with Crippen LogP contribution in [0.2, 0.25) is 5.02 Å². The molecule has 0 aliphatic carbocycles. The topological polar surface area (TPSA) is 125 Å². The van der Waals surface area contributed by atoms with Crippen LogP contribution in [0.5, 0.6) is 0 Å². The van der Waals surface area contributed by atoms with Crippen molar-refractivity contribution in [3.63, 3.8) is 0 Å². The van der Waals surface area contributed by atoms with Crippen LogP contribution in [0.15, 0.2) is 82.8 Å². The number of amides is 1. The second-order valence-electron chi connectivity index (χ2n) is 7.78. The number of rotatable bonds is 11. The first-order chi connectivity index (χ1) is 17.7. The summed E-state index contributed by atoms with van der Waals surface area (Å²) in [6, 6.07) is 18.5. The Labute approximate surface area is 220 Å². The van der Waals surface area contributed by atoms with E-state index in [2.05, 4.69) is 10.5 Å². The molecule has 0 aromatic heterocycles. The van der Waals surface area contributed by atoms with Gasteiger partial charge in [-0.3, -0.25) is 19.2 Å². The number of nitro groups is 1. The SMILES string of the molecule is CCN(CC)c1ccc(C=NNC(=O)CN(c2cccc(Cl)c2)S(=O)(=O)c2ccccc2)cc1[N+](=O)[O-]. The third kappa shape index (κ3) is 6.83. The van der Waals surface area contributed by atoms with Crippen molar-refractivity contribution >= 4 is 50.8 Å². The monoisotopic (exact) mass is 543 g/mol. The average molecular weight is 544 g/mol. The van der Waals surface area contributed by atoms with E-state index in [1.807, 2.05) is 18.7 Å². The first kappa shape index (κ1) is 27.6. The molecule has 10 nitrogen and oxygen atoms in total. The summed E-state index contributed by atoms with van der Waals surface area (Å²) in [6.07, 6.45) is 1.26. The zero-order valence-corrected chi connectivity index (χ0v) is 21.8. The summed E-state index contributed by atoms with van der Waals surface area (Å²) in [5.74, 6) is -0.718. The number of hydrazone groups is 1. The molecule has 0 unspecified atom stereocenters. The van der Waals surface area contributed by atoms with E-state index in [1.54, 1.807) is 42.5 Å². The fourth-order valence-electron chi connectivity index (χ4n) is 3.61. The molecule has 0 fully saturated rings. The highest BCUT2D eigenvalue weighted by molar-refractivity contribution is 7.92. The Kier molecular flexibility index (Phi) is 9.20. The zero-order valence-electron chi connectivity index (χ0n) is 20.2. The number of nitrogens with one attached hydrogen (secondary N) is 1. The first-order valence-electron chi connectivity index (χ1n) is 11.4. The summed E-state index contributed by atoms with van der Waals surface area (Å²) in [5, 5.41) is 15.7. The molecule has 3 aromatic carbocycles. The molecule has 0 aliphatic rings. The molecule has 0 heterocycles. The van der Waals surface area contributed by atoms with Gasteiger partial charge in [0.15, 0.2) is 0 Å². The van der Waals surface area contributed by atoms with Crippen LogP contribution in [-0.4, -0.2) is 45.1 Å². The van der Waals surface area contributed by atoms with Crippen LogP contribution in [0.4, 0.5) is 17.1 Å². The predicted molar refractivity (Wildman–Crippen MR) is 145 cm³/mol. The molecule has 1 amide bonds. The van der Waals surface area contributed by atoms with Gasteiger partial charge in [-0.05, 0) is 50.2 Å². The molecule has 0 atom stereocenters. The number of hydrogen-bond donors (Lipinski definition) is 1. The highest BCUT2D eigenvalue weighted by Crippen LogP contribution is 2.29. The number of benzene rings is 3. The lowest BCUT2D eigenvalue weighted by molar-refractivity contribution is -0.384. The van der Waals surface area contributed by atoms with Crippen molar-refractivity contribution in [2.75, 3.05) is 28.8 Å². The van der Waals surface area contributed by atoms with Crippen LogP contribution >= 0.6 is 11.6 Å². The van der Waals surface area contributed by atoms with Gasteiger partial charge in [0, 0.05) is 29.7 Å². The third-order valence-electron chi connectivity index (χ3n) is 5.42. The van der Waals surface area contributed by atoms with Crippen LogP contribution in [0.1, 0.15) is 19.4 Å². The van der Waals surface area contributed by atoms with Gasteiger partial charge in [-0.15, -0.1) is 0 Å². The Morgan fingerprint density at radius 1 is 1.05 bits per heavy atom. The Morgan fingerprint density at radius 2 is 1.76 bits per heavy atom. The lowest BCUT2D eigenvalue weighted by atomic mass is 10.1. The van der Waals surface area contributed by atoms with Crippen LogP contribution < -0.4 is 14.6 Å². The number of carbonyl (C=O) groups is 1. The average Bonchev–Trinajstić information content (AvgIpc) is 2.89. The fourth-order valence-corrected chi connectivity index (χ4v) is 5.23. The van der Waals surface area contributed by atoms with Crippen molar-refractivity contribution in [2.45, 2.75) is 18.7 Å². The van der Waals surface area contributed by atoms with E-state index in [-0.39, 0.29) is 16.3 Å². The molecule has 12 heteroatoms.